The van der Waals surface area contributed by atoms with Gasteiger partial charge in [0.25, 0.3) is 0 Å². The van der Waals surface area contributed by atoms with E-state index in [4.69, 9.17) is 11.1 Å². The summed E-state index contributed by atoms with van der Waals surface area (Å²) in [7, 11) is 0. The minimum atomic E-state index is -0.331. The van der Waals surface area contributed by atoms with Gasteiger partial charge in [0.1, 0.15) is 5.04 Å². The van der Waals surface area contributed by atoms with Gasteiger partial charge in [-0.2, -0.15) is 4.99 Å². The summed E-state index contributed by atoms with van der Waals surface area (Å²) in [5.41, 5.74) is 7.83. The molecule has 1 heterocycles. The SMILES string of the molecule is CC1(c2ccccc2)CCCN(C(=O)/N=C(\N)SC(=N)c2ccccc2)C1.[HH]. The fraction of sp³-hybridized carbons (Fsp3) is 0.286. The van der Waals surface area contributed by atoms with E-state index in [0.717, 1.165) is 30.2 Å². The number of amidine groups is 1. The molecule has 5 nitrogen and oxygen atoms in total. The second-order valence-corrected chi connectivity index (χ2v) is 8.01. The number of amides is 2. The highest BCUT2D eigenvalue weighted by Crippen LogP contribution is 2.33. The molecule has 1 fully saturated rings. The Kier molecular flexibility index (Phi) is 5.96. The molecule has 2 aromatic carbocycles. The van der Waals surface area contributed by atoms with Gasteiger partial charge in [0.2, 0.25) is 0 Å². The van der Waals surface area contributed by atoms with E-state index in [9.17, 15) is 4.79 Å². The van der Waals surface area contributed by atoms with Gasteiger partial charge in [0.15, 0.2) is 5.17 Å². The second-order valence-electron chi connectivity index (χ2n) is 6.98. The van der Waals surface area contributed by atoms with E-state index in [1.807, 2.05) is 48.5 Å². The number of nitrogens with zero attached hydrogens (tertiary/aromatic N) is 2. The number of thioether (sulfide) groups is 1. The van der Waals surface area contributed by atoms with Crippen LogP contribution < -0.4 is 5.73 Å². The number of rotatable bonds is 2. The molecule has 0 bridgehead atoms. The quantitative estimate of drug-likeness (QED) is 0.593. The van der Waals surface area contributed by atoms with Gasteiger partial charge in [0, 0.05) is 25.5 Å². The van der Waals surface area contributed by atoms with Crippen LogP contribution >= 0.6 is 11.8 Å². The topological polar surface area (TPSA) is 82.5 Å². The van der Waals surface area contributed by atoms with Crippen LogP contribution in [0.5, 0.6) is 0 Å². The highest BCUT2D eigenvalue weighted by molar-refractivity contribution is 8.26. The maximum absolute atomic E-state index is 12.6. The van der Waals surface area contributed by atoms with Crippen molar-refractivity contribution in [1.82, 2.24) is 4.90 Å². The van der Waals surface area contributed by atoms with Crippen LogP contribution in [0.1, 0.15) is 32.3 Å². The lowest BCUT2D eigenvalue weighted by Gasteiger charge is -2.40. The number of nitrogens with one attached hydrogen (secondary N) is 1. The molecule has 0 aromatic heterocycles. The van der Waals surface area contributed by atoms with Crippen molar-refractivity contribution in [3.05, 3.63) is 71.8 Å². The number of hydrogen-bond acceptors (Lipinski definition) is 3. The first-order chi connectivity index (χ1) is 13.0. The number of likely N-dealkylation sites (tertiary alicyclic amines) is 1. The molecule has 1 aliphatic rings. The van der Waals surface area contributed by atoms with Gasteiger partial charge in [-0.1, -0.05) is 67.6 Å². The van der Waals surface area contributed by atoms with E-state index in [1.54, 1.807) is 4.90 Å². The molecular weight excluding hydrogens is 356 g/mol. The number of benzene rings is 2. The van der Waals surface area contributed by atoms with Crippen molar-refractivity contribution < 1.29 is 6.22 Å². The molecule has 3 N–H and O–H groups in total. The normalized spacial score (nSPS) is 20.3. The number of carbonyl (C=O) groups is 1. The van der Waals surface area contributed by atoms with E-state index < -0.39 is 0 Å². The number of aliphatic imine (C=N–C) groups is 1. The van der Waals surface area contributed by atoms with Crippen LogP contribution in [0.25, 0.3) is 0 Å². The van der Waals surface area contributed by atoms with E-state index in [1.165, 1.54) is 5.56 Å². The number of carbonyl (C=O) groups excluding carboxylic acids is 1. The molecule has 1 aliphatic heterocycles. The molecule has 142 valence electrons. The summed E-state index contributed by atoms with van der Waals surface area (Å²) < 4.78 is 0. The van der Waals surface area contributed by atoms with Gasteiger partial charge >= 0.3 is 6.03 Å². The van der Waals surface area contributed by atoms with Gasteiger partial charge < -0.3 is 10.6 Å². The summed E-state index contributed by atoms with van der Waals surface area (Å²) in [6.07, 6.45) is 1.97. The maximum atomic E-state index is 12.6. The first-order valence-electron chi connectivity index (χ1n) is 8.98. The first kappa shape index (κ1) is 19.2. The smallest absolute Gasteiger partial charge is 0.345 e. The van der Waals surface area contributed by atoms with Crippen LogP contribution in [0, 0.1) is 5.41 Å². The zero-order chi connectivity index (χ0) is 19.3. The standard InChI is InChI=1S/C21H24N4OS.H2/c1-21(17-11-6-3-7-12-17)13-8-14-25(15-21)20(26)24-19(23)27-18(22)16-9-4-2-5-10-16;/h2-7,9-12,22H,8,13-15H2,1H3,(H2,23,24,26);1H. The van der Waals surface area contributed by atoms with E-state index in [2.05, 4.69) is 24.0 Å². The maximum Gasteiger partial charge on any atom is 0.345 e. The zero-order valence-electron chi connectivity index (χ0n) is 15.4. The van der Waals surface area contributed by atoms with Crippen LogP contribution in [0.4, 0.5) is 4.79 Å². The third-order valence-corrected chi connectivity index (χ3v) is 5.63. The Labute approximate surface area is 165 Å². The fourth-order valence-corrected chi connectivity index (χ4v) is 4.01. The molecule has 2 aromatic rings. The van der Waals surface area contributed by atoms with Crippen LogP contribution in [0.2, 0.25) is 0 Å². The summed E-state index contributed by atoms with van der Waals surface area (Å²) >= 11 is 1.00. The van der Waals surface area contributed by atoms with E-state index in [0.29, 0.717) is 13.1 Å². The third-order valence-electron chi connectivity index (χ3n) is 4.89. The minimum Gasteiger partial charge on any atom is -0.378 e. The van der Waals surface area contributed by atoms with Crippen molar-refractivity contribution in [1.29, 1.82) is 5.41 Å². The van der Waals surface area contributed by atoms with Gasteiger partial charge in [-0.05, 0) is 30.2 Å². The van der Waals surface area contributed by atoms with Gasteiger partial charge in [-0.15, -0.1) is 0 Å². The van der Waals surface area contributed by atoms with Crippen molar-refractivity contribution >= 4 is 28.0 Å². The number of nitrogens with two attached hydrogens (primary N) is 1. The van der Waals surface area contributed by atoms with Crippen molar-refractivity contribution in [2.24, 2.45) is 10.7 Å². The van der Waals surface area contributed by atoms with Gasteiger partial charge in [-0.3, -0.25) is 5.41 Å². The molecule has 0 aliphatic carbocycles. The number of piperidine rings is 1. The van der Waals surface area contributed by atoms with Crippen LogP contribution in [0.15, 0.2) is 65.7 Å². The summed E-state index contributed by atoms with van der Waals surface area (Å²) in [5, 5.41) is 8.47. The Morgan fingerprint density at radius 3 is 2.48 bits per heavy atom. The highest BCUT2D eigenvalue weighted by Gasteiger charge is 2.34. The van der Waals surface area contributed by atoms with Crippen molar-refractivity contribution in [3.8, 4) is 0 Å². The predicted molar refractivity (Wildman–Crippen MR) is 115 cm³/mol. The fourth-order valence-electron chi connectivity index (χ4n) is 3.42. The summed E-state index contributed by atoms with van der Waals surface area (Å²) in [6, 6.07) is 19.2. The Hall–Kier alpha value is -2.60. The van der Waals surface area contributed by atoms with E-state index >= 15 is 0 Å². The highest BCUT2D eigenvalue weighted by atomic mass is 32.2. The largest absolute Gasteiger partial charge is 0.378 e. The van der Waals surface area contributed by atoms with Gasteiger partial charge in [-0.25, -0.2) is 4.79 Å². The monoisotopic (exact) mass is 382 g/mol. The zero-order valence-corrected chi connectivity index (χ0v) is 16.2. The Balaban J connectivity index is 0.00000280. The average molecular weight is 383 g/mol. The molecule has 6 heteroatoms. The van der Waals surface area contributed by atoms with Crippen LogP contribution in [-0.2, 0) is 5.41 Å². The summed E-state index contributed by atoms with van der Waals surface area (Å²) in [4.78, 5) is 18.4. The molecule has 0 radical (unpaired) electrons. The van der Waals surface area contributed by atoms with E-state index in [-0.39, 0.29) is 23.1 Å². The van der Waals surface area contributed by atoms with Crippen molar-refractivity contribution in [2.75, 3.05) is 13.1 Å². The predicted octanol–water partition coefficient (Wildman–Crippen LogP) is 4.48. The molecular formula is C21H26N4OS. The lowest BCUT2D eigenvalue weighted by atomic mass is 9.76. The summed E-state index contributed by atoms with van der Waals surface area (Å²) in [5.74, 6) is 0. The molecule has 0 spiro atoms. The minimum absolute atomic E-state index is 0. The van der Waals surface area contributed by atoms with Gasteiger partial charge in [0.05, 0.1) is 0 Å². The number of urea groups is 1. The second kappa shape index (κ2) is 8.39. The van der Waals surface area contributed by atoms with Crippen LogP contribution in [-0.4, -0.2) is 34.2 Å². The molecule has 1 atom stereocenters. The lowest BCUT2D eigenvalue weighted by Crippen LogP contribution is -2.46. The average Bonchev–Trinajstić information content (AvgIpc) is 2.69. The Morgan fingerprint density at radius 1 is 1.19 bits per heavy atom. The Morgan fingerprint density at radius 2 is 1.81 bits per heavy atom. The summed E-state index contributed by atoms with van der Waals surface area (Å²) in [6.45, 7) is 3.49. The molecule has 1 saturated heterocycles. The first-order valence-corrected chi connectivity index (χ1v) is 9.80. The molecule has 1 unspecified atom stereocenters. The third kappa shape index (κ3) is 4.77. The van der Waals surface area contributed by atoms with Crippen molar-refractivity contribution in [3.63, 3.8) is 0 Å². The van der Waals surface area contributed by atoms with Crippen LogP contribution in [0.3, 0.4) is 0 Å². The molecule has 0 saturated carbocycles. The Bertz CT molecular complexity index is 844. The lowest BCUT2D eigenvalue weighted by molar-refractivity contribution is 0.164. The molecule has 27 heavy (non-hydrogen) atoms. The molecule has 3 rings (SSSR count). The number of hydrogen-bond donors (Lipinski definition) is 2. The van der Waals surface area contributed by atoms with Crippen molar-refractivity contribution in [2.45, 2.75) is 25.2 Å². The molecule has 2 amide bonds.